The molecule has 5 nitrogen and oxygen atoms in total. The highest BCUT2D eigenvalue weighted by Crippen LogP contribution is 2.22. The average molecular weight is 335 g/mol. The van der Waals surface area contributed by atoms with E-state index in [1.807, 2.05) is 55.5 Å². The highest BCUT2D eigenvalue weighted by atomic mass is 16.5. The van der Waals surface area contributed by atoms with Crippen molar-refractivity contribution in [3.63, 3.8) is 0 Å². The molecule has 5 heteroatoms. The summed E-state index contributed by atoms with van der Waals surface area (Å²) >= 11 is 0. The van der Waals surface area contributed by atoms with Crippen LogP contribution in [0.25, 0.3) is 11.3 Å². The molecule has 3 rings (SSSR count). The summed E-state index contributed by atoms with van der Waals surface area (Å²) in [7, 11) is 0. The van der Waals surface area contributed by atoms with Crippen LogP contribution in [-0.4, -0.2) is 22.7 Å². The van der Waals surface area contributed by atoms with Crippen LogP contribution in [0.5, 0.6) is 5.75 Å². The first-order valence-electron chi connectivity index (χ1n) is 8.38. The van der Waals surface area contributed by atoms with Crippen LogP contribution in [0.3, 0.4) is 0 Å². The van der Waals surface area contributed by atoms with E-state index in [1.165, 1.54) is 5.56 Å². The lowest BCUT2D eigenvalue weighted by Gasteiger charge is -2.05. The van der Waals surface area contributed by atoms with Crippen molar-refractivity contribution in [1.29, 1.82) is 0 Å². The van der Waals surface area contributed by atoms with Gasteiger partial charge < -0.3 is 10.1 Å². The number of H-pyrrole nitrogens is 1. The van der Waals surface area contributed by atoms with Gasteiger partial charge in [-0.15, -0.1) is 0 Å². The molecule has 2 N–H and O–H groups in total. The maximum atomic E-state index is 12.4. The molecule has 0 atom stereocenters. The lowest BCUT2D eigenvalue weighted by molar-refractivity contribution is 0.102. The SMILES string of the molecule is CCOc1ccc(-c2cc(C(=O)Nc3cccc(CC)c3)[nH]n2)cc1. The van der Waals surface area contributed by atoms with Crippen molar-refractivity contribution in [3.8, 4) is 17.0 Å². The van der Waals surface area contributed by atoms with E-state index in [0.29, 0.717) is 12.3 Å². The van der Waals surface area contributed by atoms with Crippen LogP contribution in [0.4, 0.5) is 5.69 Å². The fourth-order valence-corrected chi connectivity index (χ4v) is 2.54. The molecule has 1 heterocycles. The number of hydrogen-bond donors (Lipinski definition) is 2. The van der Waals surface area contributed by atoms with Crippen LogP contribution in [0.15, 0.2) is 54.6 Å². The van der Waals surface area contributed by atoms with Gasteiger partial charge in [0.2, 0.25) is 0 Å². The van der Waals surface area contributed by atoms with Crippen LogP contribution < -0.4 is 10.1 Å². The number of ether oxygens (including phenoxy) is 1. The predicted molar refractivity (Wildman–Crippen MR) is 99.0 cm³/mol. The van der Waals surface area contributed by atoms with Crippen LogP contribution in [0.1, 0.15) is 29.9 Å². The monoisotopic (exact) mass is 335 g/mol. The van der Waals surface area contributed by atoms with Gasteiger partial charge in [0.1, 0.15) is 11.4 Å². The van der Waals surface area contributed by atoms with Gasteiger partial charge in [0.25, 0.3) is 5.91 Å². The zero-order chi connectivity index (χ0) is 17.6. The smallest absolute Gasteiger partial charge is 0.273 e. The van der Waals surface area contributed by atoms with Crippen LogP contribution >= 0.6 is 0 Å². The second kappa shape index (κ2) is 7.66. The van der Waals surface area contributed by atoms with Gasteiger partial charge in [0.05, 0.1) is 12.3 Å². The first kappa shape index (κ1) is 16.8. The number of aromatic amines is 1. The molecule has 0 aliphatic carbocycles. The molecule has 0 unspecified atom stereocenters. The molecule has 0 aliphatic rings. The number of anilines is 1. The number of aryl methyl sites for hydroxylation is 1. The Balaban J connectivity index is 1.72. The Kier molecular flexibility index (Phi) is 5.14. The third-order valence-electron chi connectivity index (χ3n) is 3.88. The maximum Gasteiger partial charge on any atom is 0.273 e. The summed E-state index contributed by atoms with van der Waals surface area (Å²) in [6.45, 7) is 4.66. The Labute approximate surface area is 147 Å². The summed E-state index contributed by atoms with van der Waals surface area (Å²) in [6.07, 6.45) is 0.926. The predicted octanol–water partition coefficient (Wildman–Crippen LogP) is 4.29. The molecule has 1 aromatic heterocycles. The Morgan fingerprint density at radius 1 is 1.12 bits per heavy atom. The van der Waals surface area contributed by atoms with Crippen molar-refractivity contribution in [2.75, 3.05) is 11.9 Å². The maximum absolute atomic E-state index is 12.4. The minimum Gasteiger partial charge on any atom is -0.494 e. The summed E-state index contributed by atoms with van der Waals surface area (Å²) in [4.78, 5) is 12.4. The largest absolute Gasteiger partial charge is 0.494 e. The number of hydrogen-bond acceptors (Lipinski definition) is 3. The number of nitrogens with zero attached hydrogens (tertiary/aromatic N) is 1. The molecule has 2 aromatic carbocycles. The fraction of sp³-hybridized carbons (Fsp3) is 0.200. The molecule has 25 heavy (non-hydrogen) atoms. The summed E-state index contributed by atoms with van der Waals surface area (Å²) in [6, 6.07) is 17.2. The number of benzene rings is 2. The summed E-state index contributed by atoms with van der Waals surface area (Å²) in [5.41, 5.74) is 4.02. The standard InChI is InChI=1S/C20H21N3O2/c1-3-14-6-5-7-16(12-14)21-20(24)19-13-18(22-23-19)15-8-10-17(11-9-15)25-4-2/h5-13H,3-4H2,1-2H3,(H,21,24)(H,22,23). The summed E-state index contributed by atoms with van der Waals surface area (Å²) < 4.78 is 5.43. The lowest BCUT2D eigenvalue weighted by Crippen LogP contribution is -2.12. The molecule has 128 valence electrons. The molecule has 0 fully saturated rings. The van der Waals surface area contributed by atoms with Gasteiger partial charge in [-0.2, -0.15) is 5.10 Å². The number of nitrogens with one attached hydrogen (secondary N) is 2. The number of rotatable bonds is 6. The fourth-order valence-electron chi connectivity index (χ4n) is 2.54. The molecule has 0 saturated carbocycles. The quantitative estimate of drug-likeness (QED) is 0.706. The zero-order valence-electron chi connectivity index (χ0n) is 14.4. The second-order valence-corrected chi connectivity index (χ2v) is 5.63. The van der Waals surface area contributed by atoms with Crippen LogP contribution in [-0.2, 0) is 6.42 Å². The van der Waals surface area contributed by atoms with Gasteiger partial charge >= 0.3 is 0 Å². The van der Waals surface area contributed by atoms with Crippen LogP contribution in [0, 0.1) is 0 Å². The van der Waals surface area contributed by atoms with Gasteiger partial charge in [-0.3, -0.25) is 9.89 Å². The van der Waals surface area contributed by atoms with Gasteiger partial charge in [-0.05, 0) is 61.4 Å². The molecule has 0 radical (unpaired) electrons. The van der Waals surface area contributed by atoms with Crippen molar-refractivity contribution in [2.45, 2.75) is 20.3 Å². The number of amides is 1. The Morgan fingerprint density at radius 3 is 2.64 bits per heavy atom. The van der Waals surface area contributed by atoms with Crippen molar-refractivity contribution in [1.82, 2.24) is 10.2 Å². The summed E-state index contributed by atoms with van der Waals surface area (Å²) in [5.74, 6) is 0.605. The molecule has 0 saturated heterocycles. The average Bonchev–Trinajstić information content (AvgIpc) is 3.13. The molecular formula is C20H21N3O2. The minimum atomic E-state index is -0.210. The molecule has 0 bridgehead atoms. The minimum absolute atomic E-state index is 0.210. The van der Waals surface area contributed by atoms with Gasteiger partial charge in [-0.1, -0.05) is 19.1 Å². The van der Waals surface area contributed by atoms with Crippen LogP contribution in [0.2, 0.25) is 0 Å². The third-order valence-corrected chi connectivity index (χ3v) is 3.88. The Bertz CT molecular complexity index is 853. The van der Waals surface area contributed by atoms with Gasteiger partial charge in [0.15, 0.2) is 0 Å². The van der Waals surface area contributed by atoms with E-state index < -0.39 is 0 Å². The molecular weight excluding hydrogens is 314 g/mol. The highest BCUT2D eigenvalue weighted by molar-refractivity contribution is 6.03. The Hall–Kier alpha value is -3.08. The lowest BCUT2D eigenvalue weighted by atomic mass is 10.1. The van der Waals surface area contributed by atoms with Crippen molar-refractivity contribution in [2.24, 2.45) is 0 Å². The first-order valence-corrected chi connectivity index (χ1v) is 8.38. The van der Waals surface area contributed by atoms with E-state index in [2.05, 4.69) is 22.4 Å². The first-order chi connectivity index (χ1) is 12.2. The van der Waals surface area contributed by atoms with E-state index in [-0.39, 0.29) is 5.91 Å². The number of aromatic nitrogens is 2. The normalized spacial score (nSPS) is 10.5. The number of carbonyl (C=O) groups excluding carboxylic acids is 1. The third kappa shape index (κ3) is 4.07. The summed E-state index contributed by atoms with van der Waals surface area (Å²) in [5, 5.41) is 9.92. The second-order valence-electron chi connectivity index (χ2n) is 5.63. The van der Waals surface area contributed by atoms with Crippen molar-refractivity contribution in [3.05, 3.63) is 65.9 Å². The zero-order valence-corrected chi connectivity index (χ0v) is 14.4. The molecule has 3 aromatic rings. The van der Waals surface area contributed by atoms with E-state index >= 15 is 0 Å². The van der Waals surface area contributed by atoms with E-state index in [0.717, 1.165) is 29.1 Å². The van der Waals surface area contributed by atoms with E-state index in [9.17, 15) is 4.79 Å². The van der Waals surface area contributed by atoms with Gasteiger partial charge in [-0.25, -0.2) is 0 Å². The van der Waals surface area contributed by atoms with Gasteiger partial charge in [0, 0.05) is 11.3 Å². The van der Waals surface area contributed by atoms with Crippen molar-refractivity contribution >= 4 is 11.6 Å². The topological polar surface area (TPSA) is 67.0 Å². The van der Waals surface area contributed by atoms with E-state index in [4.69, 9.17) is 4.74 Å². The molecule has 1 amide bonds. The highest BCUT2D eigenvalue weighted by Gasteiger charge is 2.11. The number of carbonyl (C=O) groups is 1. The van der Waals surface area contributed by atoms with E-state index in [1.54, 1.807) is 6.07 Å². The van der Waals surface area contributed by atoms with Crippen molar-refractivity contribution < 1.29 is 9.53 Å². The molecule has 0 aliphatic heterocycles. The molecule has 0 spiro atoms. The Morgan fingerprint density at radius 2 is 1.92 bits per heavy atom.